The quantitative estimate of drug-likeness (QED) is 0.707. The normalized spacial score (nSPS) is 26.9. The molecule has 0 amide bonds. The Bertz CT molecular complexity index is 283. The summed E-state index contributed by atoms with van der Waals surface area (Å²) in [6, 6.07) is 4.36. The van der Waals surface area contributed by atoms with E-state index >= 15 is 0 Å². The highest BCUT2D eigenvalue weighted by molar-refractivity contribution is 5.16. The second kappa shape index (κ2) is 4.78. The monoisotopic (exact) mass is 203 g/mol. The van der Waals surface area contributed by atoms with E-state index in [1.807, 2.05) is 12.4 Å². The van der Waals surface area contributed by atoms with Crippen molar-refractivity contribution >= 4 is 0 Å². The molecule has 0 atom stereocenters. The van der Waals surface area contributed by atoms with Crippen LogP contribution >= 0.6 is 0 Å². The van der Waals surface area contributed by atoms with Crippen molar-refractivity contribution in [1.82, 2.24) is 4.98 Å². The van der Waals surface area contributed by atoms with Gasteiger partial charge in [-0.1, -0.05) is 13.8 Å². The van der Waals surface area contributed by atoms with Crippen molar-refractivity contribution in [3.8, 4) is 0 Å². The molecule has 1 aliphatic rings. The third-order valence-corrected chi connectivity index (χ3v) is 3.89. The van der Waals surface area contributed by atoms with Gasteiger partial charge < -0.3 is 0 Å². The third kappa shape index (κ3) is 2.58. The van der Waals surface area contributed by atoms with Crippen LogP contribution in [0.1, 0.15) is 51.0 Å². The van der Waals surface area contributed by atoms with E-state index in [9.17, 15) is 0 Å². The van der Waals surface area contributed by atoms with E-state index in [1.54, 1.807) is 0 Å². The molecule has 82 valence electrons. The predicted octanol–water partition coefficient (Wildman–Crippen LogP) is 4.01. The number of nitrogens with zero attached hydrogens (tertiary/aromatic N) is 1. The Morgan fingerprint density at radius 2 is 1.67 bits per heavy atom. The maximum absolute atomic E-state index is 4.08. The lowest BCUT2D eigenvalue weighted by molar-refractivity contribution is 0.259. The van der Waals surface area contributed by atoms with E-state index in [0.29, 0.717) is 0 Å². The van der Waals surface area contributed by atoms with E-state index in [0.717, 1.165) is 17.8 Å². The van der Waals surface area contributed by atoms with Crippen LogP contribution in [0.3, 0.4) is 0 Å². The summed E-state index contributed by atoms with van der Waals surface area (Å²) in [5, 5.41) is 0. The summed E-state index contributed by atoms with van der Waals surface area (Å²) in [6.45, 7) is 4.72. The molecule has 0 N–H and O–H groups in total. The first-order valence-corrected chi connectivity index (χ1v) is 6.17. The molecule has 0 unspecified atom stereocenters. The lowest BCUT2D eigenvalue weighted by atomic mass is 9.75. The van der Waals surface area contributed by atoms with E-state index < -0.39 is 0 Å². The molecular weight excluding hydrogens is 182 g/mol. The summed E-state index contributed by atoms with van der Waals surface area (Å²) in [5.41, 5.74) is 1.49. The van der Waals surface area contributed by atoms with Gasteiger partial charge >= 0.3 is 0 Å². The van der Waals surface area contributed by atoms with Crippen LogP contribution in [0, 0.1) is 11.8 Å². The van der Waals surface area contributed by atoms with Crippen LogP contribution in [-0.2, 0) is 0 Å². The highest BCUT2D eigenvalue weighted by Gasteiger charge is 2.23. The first-order chi connectivity index (χ1) is 7.27. The number of hydrogen-bond acceptors (Lipinski definition) is 1. The van der Waals surface area contributed by atoms with Crippen LogP contribution in [0.2, 0.25) is 0 Å². The van der Waals surface area contributed by atoms with Gasteiger partial charge in [-0.25, -0.2) is 0 Å². The molecule has 1 heterocycles. The average Bonchev–Trinajstić information content (AvgIpc) is 2.30. The fourth-order valence-corrected chi connectivity index (χ4v) is 2.75. The van der Waals surface area contributed by atoms with Gasteiger partial charge in [-0.2, -0.15) is 0 Å². The van der Waals surface area contributed by atoms with Crippen LogP contribution in [0.15, 0.2) is 24.5 Å². The summed E-state index contributed by atoms with van der Waals surface area (Å²) in [7, 11) is 0. The second-order valence-electron chi connectivity index (χ2n) is 5.14. The molecule has 1 aliphatic carbocycles. The molecule has 1 aromatic heterocycles. The zero-order chi connectivity index (χ0) is 10.7. The lowest BCUT2D eigenvalue weighted by Crippen LogP contribution is -2.17. The molecule has 2 rings (SSSR count). The summed E-state index contributed by atoms with van der Waals surface area (Å²) in [4.78, 5) is 4.08. The highest BCUT2D eigenvalue weighted by atomic mass is 14.6. The zero-order valence-electron chi connectivity index (χ0n) is 9.82. The van der Waals surface area contributed by atoms with E-state index in [4.69, 9.17) is 0 Å². The summed E-state index contributed by atoms with van der Waals surface area (Å²) in [5.74, 6) is 2.62. The van der Waals surface area contributed by atoms with Crippen molar-refractivity contribution in [2.75, 3.05) is 0 Å². The van der Waals surface area contributed by atoms with Crippen molar-refractivity contribution < 1.29 is 0 Å². The van der Waals surface area contributed by atoms with Crippen LogP contribution < -0.4 is 0 Å². The van der Waals surface area contributed by atoms with Crippen molar-refractivity contribution in [3.63, 3.8) is 0 Å². The molecule has 0 saturated heterocycles. The summed E-state index contributed by atoms with van der Waals surface area (Å²) >= 11 is 0. The Kier molecular flexibility index (Phi) is 3.40. The Morgan fingerprint density at radius 1 is 1.07 bits per heavy atom. The molecule has 0 aromatic carbocycles. The number of aromatic nitrogens is 1. The van der Waals surface area contributed by atoms with Gasteiger partial charge in [0.25, 0.3) is 0 Å². The van der Waals surface area contributed by atoms with Crippen LogP contribution in [0.25, 0.3) is 0 Å². The number of hydrogen-bond donors (Lipinski definition) is 0. The SMILES string of the molecule is CC(C)C1CCC(c2ccncc2)CC1. The van der Waals surface area contributed by atoms with Crippen molar-refractivity contribution in [3.05, 3.63) is 30.1 Å². The van der Waals surface area contributed by atoms with Crippen LogP contribution in [0.5, 0.6) is 0 Å². The standard InChI is InChI=1S/C14H21N/c1-11(2)12-3-5-13(6-4-12)14-7-9-15-10-8-14/h7-13H,3-6H2,1-2H3. The van der Waals surface area contributed by atoms with Gasteiger partial charge in [-0.15, -0.1) is 0 Å². The maximum atomic E-state index is 4.08. The zero-order valence-corrected chi connectivity index (χ0v) is 9.82. The molecule has 1 nitrogen and oxygen atoms in total. The van der Waals surface area contributed by atoms with Crippen LogP contribution in [-0.4, -0.2) is 4.98 Å². The minimum atomic E-state index is 0.794. The van der Waals surface area contributed by atoms with Gasteiger partial charge in [0.1, 0.15) is 0 Å². The van der Waals surface area contributed by atoms with E-state index in [2.05, 4.69) is 31.0 Å². The molecule has 0 bridgehead atoms. The average molecular weight is 203 g/mol. The topological polar surface area (TPSA) is 12.9 Å². The van der Waals surface area contributed by atoms with E-state index in [-0.39, 0.29) is 0 Å². The smallest absolute Gasteiger partial charge is 0.0270 e. The van der Waals surface area contributed by atoms with Gasteiger partial charge in [-0.05, 0) is 61.1 Å². The molecule has 1 saturated carbocycles. The number of pyridine rings is 1. The predicted molar refractivity (Wildman–Crippen MR) is 63.8 cm³/mol. The van der Waals surface area contributed by atoms with Crippen molar-refractivity contribution in [2.45, 2.75) is 45.4 Å². The number of rotatable bonds is 2. The molecule has 1 aromatic rings. The maximum Gasteiger partial charge on any atom is 0.0270 e. The van der Waals surface area contributed by atoms with Crippen molar-refractivity contribution in [2.24, 2.45) is 11.8 Å². The van der Waals surface area contributed by atoms with Gasteiger partial charge in [-0.3, -0.25) is 4.98 Å². The fraction of sp³-hybridized carbons (Fsp3) is 0.643. The Hall–Kier alpha value is -0.850. The molecule has 0 radical (unpaired) electrons. The lowest BCUT2D eigenvalue weighted by Gasteiger charge is -2.31. The molecule has 0 spiro atoms. The Labute approximate surface area is 92.9 Å². The molecule has 15 heavy (non-hydrogen) atoms. The Morgan fingerprint density at radius 3 is 2.20 bits per heavy atom. The third-order valence-electron chi connectivity index (χ3n) is 3.89. The molecule has 1 heteroatoms. The van der Waals surface area contributed by atoms with Crippen molar-refractivity contribution in [1.29, 1.82) is 0 Å². The minimum Gasteiger partial charge on any atom is -0.265 e. The first kappa shape index (κ1) is 10.7. The highest BCUT2D eigenvalue weighted by Crippen LogP contribution is 2.38. The second-order valence-corrected chi connectivity index (χ2v) is 5.14. The van der Waals surface area contributed by atoms with Gasteiger partial charge in [0.2, 0.25) is 0 Å². The fourth-order valence-electron chi connectivity index (χ4n) is 2.75. The first-order valence-electron chi connectivity index (χ1n) is 6.17. The minimum absolute atomic E-state index is 0.794. The molecule has 0 aliphatic heterocycles. The van der Waals surface area contributed by atoms with Gasteiger partial charge in [0.05, 0.1) is 0 Å². The Balaban J connectivity index is 1.94. The van der Waals surface area contributed by atoms with Gasteiger partial charge in [0, 0.05) is 12.4 Å². The molecule has 1 fully saturated rings. The summed E-state index contributed by atoms with van der Waals surface area (Å²) in [6.07, 6.45) is 9.39. The van der Waals surface area contributed by atoms with E-state index in [1.165, 1.54) is 31.2 Å². The largest absolute Gasteiger partial charge is 0.265 e. The van der Waals surface area contributed by atoms with Gasteiger partial charge in [0.15, 0.2) is 0 Å². The summed E-state index contributed by atoms with van der Waals surface area (Å²) < 4.78 is 0. The van der Waals surface area contributed by atoms with Crippen LogP contribution in [0.4, 0.5) is 0 Å². The molecular formula is C14H21N.